The number of anilines is 9. The van der Waals surface area contributed by atoms with E-state index in [2.05, 4.69) is 288 Å². The van der Waals surface area contributed by atoms with Gasteiger partial charge in [0, 0.05) is 66.7 Å². The number of hydrogen-bond donors (Lipinski definition) is 0. The van der Waals surface area contributed by atoms with Crippen LogP contribution in [-0.2, 0) is 77.0 Å². The molecular formula is C130H153N3. The Bertz CT molecular complexity index is 6490. The van der Waals surface area contributed by atoms with Crippen molar-refractivity contribution in [2.75, 3.05) is 14.7 Å². The van der Waals surface area contributed by atoms with Gasteiger partial charge in [0.05, 0.1) is 34.1 Å². The van der Waals surface area contributed by atoms with Crippen LogP contribution in [0.25, 0.3) is 66.8 Å². The Balaban J connectivity index is 0.000000170. The molecule has 3 nitrogen and oxygen atoms in total. The molecular weight excluding hydrogens is 1600 g/mol. The number of nitrogens with zero attached hydrogens (tertiary/aromatic N) is 3. The first-order valence-electron chi connectivity index (χ1n) is 52.2. The largest absolute Gasteiger partial charge is 0.309 e. The van der Waals surface area contributed by atoms with Crippen molar-refractivity contribution in [2.24, 2.45) is 0 Å². The zero-order chi connectivity index (χ0) is 96.0. The van der Waals surface area contributed by atoms with Gasteiger partial charge < -0.3 is 14.7 Å². The predicted octanol–water partition coefficient (Wildman–Crippen LogP) is 38.7. The lowest BCUT2D eigenvalue weighted by Gasteiger charge is -2.41. The van der Waals surface area contributed by atoms with Crippen LogP contribution in [0.5, 0.6) is 0 Å². The molecule has 0 saturated carbocycles. The highest BCUT2D eigenvalue weighted by Crippen LogP contribution is 2.63. The second-order valence-corrected chi connectivity index (χ2v) is 31.5. The smallest absolute Gasteiger partial charge is 0.0578 e. The normalized spacial score (nSPS) is 12.4. The van der Waals surface area contributed by atoms with E-state index in [1.54, 1.807) is 22.3 Å². The molecule has 0 saturated heterocycles. The van der Waals surface area contributed by atoms with Crippen molar-refractivity contribution in [3.63, 3.8) is 0 Å². The van der Waals surface area contributed by atoms with Crippen molar-refractivity contribution in [3.8, 4) is 66.8 Å². The highest BCUT2D eigenvalue weighted by molar-refractivity contribution is 6.05. The van der Waals surface area contributed by atoms with Crippen molar-refractivity contribution in [1.82, 2.24) is 0 Å². The van der Waals surface area contributed by atoms with Crippen LogP contribution >= 0.6 is 0 Å². The van der Waals surface area contributed by atoms with E-state index in [1.807, 2.05) is 194 Å². The van der Waals surface area contributed by atoms with E-state index in [0.717, 1.165) is 77.0 Å². The summed E-state index contributed by atoms with van der Waals surface area (Å²) in [4.78, 5) is 7.89. The number of fused-ring (bicyclic) bond motifs is 35. The molecule has 0 atom stereocenters. The lowest BCUT2D eigenvalue weighted by atomic mass is 9.80. The number of benzene rings is 15. The molecule has 0 radical (unpaired) electrons. The molecule has 0 fully saturated rings. The molecule has 15 aromatic carbocycles. The van der Waals surface area contributed by atoms with Crippen LogP contribution < -0.4 is 14.7 Å². The van der Waals surface area contributed by atoms with Crippen LogP contribution in [0.15, 0.2) is 273 Å². The maximum atomic E-state index is 2.65. The molecule has 6 aliphatic carbocycles. The molecule has 6 aliphatic heterocycles. The second-order valence-electron chi connectivity index (χ2n) is 31.5. The molecule has 0 N–H and O–H groups in total. The summed E-state index contributed by atoms with van der Waals surface area (Å²) < 4.78 is 0. The standard InChI is InChI=1S/3C34H23N.14C2H6/c1-4-10-26-21(8-1)17-29-28(26)19-25-16-22-9-3-6-12-31(22)35-33(25)30(29)18-24-14-13-23-15-20-7-2-5-11-27(20)32(23)34(24)35;1-4-10-27-21(8-1)16-25-18-26-17-22-9-3-6-12-30(22)35-33(26)29(31(25)27)19-24-14-13-23-15-20-7-2-5-11-28(20)32(23)34(24)35;1-4-10-26-20(7-1)13-23-19-33-24(17-28(23)26)14-25-18-29-27-11-5-2-8-21(27)15-30(29)31-16-22-9-3-6-12-32(22)35(33)34(25)31;14*1-2/h1-14,19H,15-18H2;1-14,18H,15-17,19H2;1-12,17-19H,13-16H2;14*1-2H3. The Labute approximate surface area is 804 Å². The summed E-state index contributed by atoms with van der Waals surface area (Å²) in [6.45, 7) is 56.0. The van der Waals surface area contributed by atoms with Gasteiger partial charge in [-0.1, -0.05) is 424 Å². The van der Waals surface area contributed by atoms with Crippen LogP contribution in [0.4, 0.5) is 51.2 Å². The summed E-state index contributed by atoms with van der Waals surface area (Å²) in [6.07, 6.45) is 12.3. The van der Waals surface area contributed by atoms with E-state index in [9.17, 15) is 0 Å². The van der Waals surface area contributed by atoms with E-state index < -0.39 is 0 Å². The third kappa shape index (κ3) is 17.9. The van der Waals surface area contributed by atoms with Gasteiger partial charge in [0.15, 0.2) is 0 Å². The summed E-state index contributed by atoms with van der Waals surface area (Å²) in [6, 6.07) is 103. The number of para-hydroxylation sites is 3. The van der Waals surface area contributed by atoms with Crippen LogP contribution in [0.2, 0.25) is 0 Å². The summed E-state index contributed by atoms with van der Waals surface area (Å²) >= 11 is 0. The average Bonchev–Trinajstić information content (AvgIpc) is 1.67. The zero-order valence-electron chi connectivity index (χ0n) is 86.3. The van der Waals surface area contributed by atoms with Gasteiger partial charge in [0.2, 0.25) is 0 Å². The molecule has 688 valence electrons. The monoisotopic (exact) mass is 1760 g/mol. The van der Waals surface area contributed by atoms with Gasteiger partial charge in [-0.3, -0.25) is 0 Å². The fraction of sp³-hybridized carbons (Fsp3) is 0.308. The molecule has 0 spiro atoms. The summed E-state index contributed by atoms with van der Waals surface area (Å²) in [7, 11) is 0. The molecule has 133 heavy (non-hydrogen) atoms. The van der Waals surface area contributed by atoms with Crippen LogP contribution in [0.3, 0.4) is 0 Å². The van der Waals surface area contributed by atoms with Crippen molar-refractivity contribution < 1.29 is 0 Å². The average molecular weight is 1760 g/mol. The van der Waals surface area contributed by atoms with Crippen molar-refractivity contribution in [2.45, 2.75) is 271 Å². The molecule has 0 bridgehead atoms. The summed E-state index contributed by atoms with van der Waals surface area (Å²) in [5, 5.41) is 0. The molecule has 0 amide bonds. The minimum Gasteiger partial charge on any atom is -0.309 e. The minimum absolute atomic E-state index is 1.00. The number of rotatable bonds is 0. The Morgan fingerprint density at radius 2 is 0.376 bits per heavy atom. The van der Waals surface area contributed by atoms with E-state index in [0.29, 0.717) is 0 Å². The molecule has 12 aliphatic rings. The molecule has 27 rings (SSSR count). The van der Waals surface area contributed by atoms with Crippen LogP contribution in [0.1, 0.15) is 327 Å². The SMILES string of the molecule is CC.CC.CC.CC.CC.CC.CC.CC.CC.CC.CC.CC.CC.CC.c1ccc2c(c1)Cc1c-2cc2c3c1Cc1ccc4c(c1N3c1ccccc1C2)-c1ccccc1C4.c1ccc2c(c1)Cc1cc3c(cc1-2)Cc1cc2c(c4c1N3c1ccccc1C4)Cc1ccccc1-2.c1ccc2c(c1)Cc1cc3c4c(c1-2)Cc1ccc2c(c1N4c1ccccc1C3)-c1ccccc1C2. The first kappa shape index (κ1) is 101. The topological polar surface area (TPSA) is 9.72 Å². The highest BCUT2D eigenvalue weighted by atomic mass is 15.2. The van der Waals surface area contributed by atoms with Crippen molar-refractivity contribution in [3.05, 3.63) is 407 Å². The maximum absolute atomic E-state index is 2.65. The fourth-order valence-corrected chi connectivity index (χ4v) is 21.8. The Morgan fingerprint density at radius 1 is 0.128 bits per heavy atom. The number of hydrogen-bond acceptors (Lipinski definition) is 3. The third-order valence-electron chi connectivity index (χ3n) is 26.1. The van der Waals surface area contributed by atoms with Crippen molar-refractivity contribution in [1.29, 1.82) is 0 Å². The van der Waals surface area contributed by atoms with Gasteiger partial charge >= 0.3 is 0 Å². The maximum Gasteiger partial charge on any atom is 0.0578 e. The first-order chi connectivity index (χ1) is 66.0. The van der Waals surface area contributed by atoms with Crippen molar-refractivity contribution >= 4 is 51.2 Å². The van der Waals surface area contributed by atoms with E-state index in [1.165, 1.54) is 229 Å². The Hall–Kier alpha value is -12.3. The molecule has 3 heteroatoms. The van der Waals surface area contributed by atoms with Gasteiger partial charge in [-0.2, -0.15) is 0 Å². The Kier molecular flexibility index (Phi) is 36.1. The fourth-order valence-electron chi connectivity index (χ4n) is 21.8. The van der Waals surface area contributed by atoms with Gasteiger partial charge in [0.1, 0.15) is 0 Å². The molecule has 0 unspecified atom stereocenters. The predicted molar refractivity (Wildman–Crippen MR) is 589 cm³/mol. The van der Waals surface area contributed by atoms with E-state index in [4.69, 9.17) is 0 Å². The summed E-state index contributed by atoms with van der Waals surface area (Å²) in [5.41, 5.74) is 65.4. The second kappa shape index (κ2) is 47.4. The molecule has 6 heterocycles. The zero-order valence-corrected chi connectivity index (χ0v) is 86.3. The lowest BCUT2D eigenvalue weighted by Crippen LogP contribution is -2.26. The van der Waals surface area contributed by atoms with Gasteiger partial charge in [0.25, 0.3) is 0 Å². The molecule has 15 aromatic rings. The summed E-state index contributed by atoms with van der Waals surface area (Å²) in [5.74, 6) is 0. The quantitative estimate of drug-likeness (QED) is 0.150. The van der Waals surface area contributed by atoms with E-state index in [-0.39, 0.29) is 0 Å². The molecule has 0 aromatic heterocycles. The van der Waals surface area contributed by atoms with Gasteiger partial charge in [-0.15, -0.1) is 0 Å². The third-order valence-corrected chi connectivity index (χ3v) is 26.1. The highest BCUT2D eigenvalue weighted by Gasteiger charge is 2.43. The van der Waals surface area contributed by atoms with E-state index >= 15 is 0 Å². The lowest BCUT2D eigenvalue weighted by molar-refractivity contribution is 0.992. The van der Waals surface area contributed by atoms with Crippen LogP contribution in [0, 0.1) is 0 Å². The first-order valence-corrected chi connectivity index (χ1v) is 52.2. The Morgan fingerprint density at radius 3 is 0.789 bits per heavy atom. The minimum atomic E-state index is 1.00. The van der Waals surface area contributed by atoms with Gasteiger partial charge in [-0.25, -0.2) is 0 Å². The van der Waals surface area contributed by atoms with Gasteiger partial charge in [-0.05, 0) is 270 Å². The van der Waals surface area contributed by atoms with Crippen LogP contribution in [-0.4, -0.2) is 0 Å².